The number of hydrogen-bond donors (Lipinski definition) is 3. The molecule has 0 saturated heterocycles. The molecule has 2 rings (SSSR count). The standard InChI is InChI=1S/C19H22ClN3O4/c1-4-23(7-8-24)13-5-6-14(11(2)9-13)21-15-10-16(22-19(26)27)18(25)17(20)12(15)3/h5-6,9-10,22,24H,4,7-8H2,1-3H3,(H,26,27). The molecule has 0 atom stereocenters. The van der Waals surface area contributed by atoms with Gasteiger partial charge in [-0.2, -0.15) is 0 Å². The number of hydrogen-bond acceptors (Lipinski definition) is 5. The third-order valence-electron chi connectivity index (χ3n) is 4.22. The number of benzene rings is 1. The number of Topliss-reactive ketones (excluding diaryl/α,β-unsaturated/α-hetero) is 1. The van der Waals surface area contributed by atoms with Gasteiger partial charge in [0.25, 0.3) is 0 Å². The Balaban J connectivity index is 2.42. The summed E-state index contributed by atoms with van der Waals surface area (Å²) in [6.45, 7) is 6.95. The minimum Gasteiger partial charge on any atom is -0.465 e. The number of aryl methyl sites for hydroxylation is 1. The first-order chi connectivity index (χ1) is 12.8. The molecule has 8 heteroatoms. The van der Waals surface area contributed by atoms with Crippen molar-refractivity contribution in [2.45, 2.75) is 20.8 Å². The average Bonchev–Trinajstić information content (AvgIpc) is 2.63. The number of halogens is 1. The molecule has 3 N–H and O–H groups in total. The van der Waals surface area contributed by atoms with Gasteiger partial charge in [0.05, 0.1) is 28.7 Å². The van der Waals surface area contributed by atoms with Gasteiger partial charge in [-0.25, -0.2) is 9.79 Å². The number of carboxylic acid groups (broad SMARTS) is 1. The minimum absolute atomic E-state index is 0.0608. The molecule has 144 valence electrons. The van der Waals surface area contributed by atoms with Gasteiger partial charge >= 0.3 is 6.09 Å². The summed E-state index contributed by atoms with van der Waals surface area (Å²) < 4.78 is 0. The highest BCUT2D eigenvalue weighted by atomic mass is 35.5. The van der Waals surface area contributed by atoms with Crippen molar-refractivity contribution in [1.82, 2.24) is 5.32 Å². The molecule has 0 spiro atoms. The Hall–Kier alpha value is -2.64. The van der Waals surface area contributed by atoms with Gasteiger partial charge in [0, 0.05) is 18.8 Å². The molecule has 0 heterocycles. The zero-order chi connectivity index (χ0) is 20.1. The van der Waals surface area contributed by atoms with Crippen LogP contribution < -0.4 is 10.2 Å². The van der Waals surface area contributed by atoms with Gasteiger partial charge in [0.2, 0.25) is 5.78 Å². The van der Waals surface area contributed by atoms with Gasteiger partial charge < -0.3 is 15.1 Å². The van der Waals surface area contributed by atoms with E-state index in [1.807, 2.05) is 36.9 Å². The topological polar surface area (TPSA) is 102 Å². The average molecular weight is 392 g/mol. The van der Waals surface area contributed by atoms with Gasteiger partial charge in [0.1, 0.15) is 0 Å². The van der Waals surface area contributed by atoms with Crippen molar-refractivity contribution < 1.29 is 19.8 Å². The highest BCUT2D eigenvalue weighted by molar-refractivity contribution is 6.49. The number of allylic oxidation sites excluding steroid dienone is 3. The maximum absolute atomic E-state index is 12.1. The maximum atomic E-state index is 12.1. The van der Waals surface area contributed by atoms with E-state index in [4.69, 9.17) is 21.8 Å². The second kappa shape index (κ2) is 8.83. The Morgan fingerprint density at radius 2 is 2.04 bits per heavy atom. The smallest absolute Gasteiger partial charge is 0.409 e. The lowest BCUT2D eigenvalue weighted by molar-refractivity contribution is -0.112. The predicted octanol–water partition coefficient (Wildman–Crippen LogP) is 3.13. The van der Waals surface area contributed by atoms with E-state index in [0.717, 1.165) is 17.8 Å². The van der Waals surface area contributed by atoms with Crippen molar-refractivity contribution >= 4 is 40.6 Å². The molecule has 0 unspecified atom stereocenters. The van der Waals surface area contributed by atoms with Gasteiger partial charge in [-0.3, -0.25) is 10.1 Å². The van der Waals surface area contributed by atoms with Crippen molar-refractivity contribution in [3.63, 3.8) is 0 Å². The summed E-state index contributed by atoms with van der Waals surface area (Å²) in [5.41, 5.74) is 3.32. The Morgan fingerprint density at radius 1 is 1.33 bits per heavy atom. The monoisotopic (exact) mass is 391 g/mol. The fourth-order valence-corrected chi connectivity index (χ4v) is 2.92. The van der Waals surface area contributed by atoms with Gasteiger partial charge in [0.15, 0.2) is 0 Å². The van der Waals surface area contributed by atoms with Gasteiger partial charge in [-0.05, 0) is 56.2 Å². The van der Waals surface area contributed by atoms with Crippen LogP contribution in [0.1, 0.15) is 19.4 Å². The Kier molecular flexibility index (Phi) is 6.76. The van der Waals surface area contributed by atoms with Crippen molar-refractivity contribution in [2.75, 3.05) is 24.6 Å². The van der Waals surface area contributed by atoms with Crippen molar-refractivity contribution in [2.24, 2.45) is 4.99 Å². The van der Waals surface area contributed by atoms with E-state index in [-0.39, 0.29) is 17.3 Å². The second-order valence-electron chi connectivity index (χ2n) is 6.03. The first-order valence-corrected chi connectivity index (χ1v) is 8.84. The Labute approximate surface area is 162 Å². The quantitative estimate of drug-likeness (QED) is 0.646. The van der Waals surface area contributed by atoms with E-state index in [0.29, 0.717) is 23.5 Å². The Bertz CT molecular complexity index is 859. The molecule has 7 nitrogen and oxygen atoms in total. The lowest BCUT2D eigenvalue weighted by Crippen LogP contribution is -2.29. The highest BCUT2D eigenvalue weighted by Gasteiger charge is 2.25. The molecule has 1 aromatic carbocycles. The van der Waals surface area contributed by atoms with Crippen LogP contribution in [0.5, 0.6) is 0 Å². The fraction of sp³-hybridized carbons (Fsp3) is 0.316. The molecule has 1 amide bonds. The SMILES string of the molecule is CCN(CCO)c1ccc(N=C2C=C(NC(=O)O)C(=O)C(Cl)=C2C)c(C)c1. The van der Waals surface area contributed by atoms with E-state index in [1.54, 1.807) is 6.92 Å². The van der Waals surface area contributed by atoms with Gasteiger partial charge in [-0.15, -0.1) is 0 Å². The summed E-state index contributed by atoms with van der Waals surface area (Å²) in [6, 6.07) is 5.71. The maximum Gasteiger partial charge on any atom is 0.409 e. The van der Waals surface area contributed by atoms with E-state index < -0.39 is 11.9 Å². The van der Waals surface area contributed by atoms with Crippen LogP contribution in [0.15, 0.2) is 45.6 Å². The molecular weight excluding hydrogens is 370 g/mol. The number of aliphatic hydroxyl groups is 1. The van der Waals surface area contributed by atoms with Gasteiger partial charge in [-0.1, -0.05) is 11.6 Å². The molecule has 1 aromatic rings. The summed E-state index contributed by atoms with van der Waals surface area (Å²) in [4.78, 5) is 29.6. The molecular formula is C19H22ClN3O4. The lowest BCUT2D eigenvalue weighted by Gasteiger charge is -2.23. The van der Waals surface area contributed by atoms with Crippen LogP contribution in [0.25, 0.3) is 0 Å². The molecule has 1 aliphatic carbocycles. The molecule has 0 saturated carbocycles. The highest BCUT2D eigenvalue weighted by Crippen LogP contribution is 2.28. The summed E-state index contributed by atoms with van der Waals surface area (Å²) in [7, 11) is 0. The zero-order valence-corrected chi connectivity index (χ0v) is 16.2. The third kappa shape index (κ3) is 4.75. The summed E-state index contributed by atoms with van der Waals surface area (Å²) >= 11 is 6.06. The van der Waals surface area contributed by atoms with E-state index in [9.17, 15) is 9.59 Å². The number of nitrogens with zero attached hydrogens (tertiary/aromatic N) is 2. The van der Waals surface area contributed by atoms with Crippen LogP contribution in [0, 0.1) is 6.92 Å². The minimum atomic E-state index is -1.35. The number of aliphatic imine (C=N–C) groups is 1. The van der Waals surface area contributed by atoms with Crippen LogP contribution >= 0.6 is 11.6 Å². The van der Waals surface area contributed by atoms with Crippen LogP contribution in [0.4, 0.5) is 16.2 Å². The van der Waals surface area contributed by atoms with E-state index in [2.05, 4.69) is 10.3 Å². The molecule has 0 fully saturated rings. The summed E-state index contributed by atoms with van der Waals surface area (Å²) in [5, 5.41) is 20.0. The van der Waals surface area contributed by atoms with Crippen molar-refractivity contribution in [1.29, 1.82) is 0 Å². The largest absolute Gasteiger partial charge is 0.465 e. The molecule has 0 radical (unpaired) electrons. The van der Waals surface area contributed by atoms with Crippen LogP contribution in [0.2, 0.25) is 0 Å². The summed E-state index contributed by atoms with van der Waals surface area (Å²) in [5.74, 6) is -0.579. The first-order valence-electron chi connectivity index (χ1n) is 8.46. The molecule has 0 aromatic heterocycles. The molecule has 1 aliphatic rings. The number of amides is 1. The van der Waals surface area contributed by atoms with E-state index in [1.165, 1.54) is 6.08 Å². The molecule has 27 heavy (non-hydrogen) atoms. The first kappa shape index (κ1) is 20.7. The normalized spacial score (nSPS) is 15.8. The number of rotatable bonds is 6. The van der Waals surface area contributed by atoms with Crippen LogP contribution in [0.3, 0.4) is 0 Å². The van der Waals surface area contributed by atoms with Crippen molar-refractivity contribution in [3.8, 4) is 0 Å². The second-order valence-corrected chi connectivity index (χ2v) is 6.41. The van der Waals surface area contributed by atoms with Crippen molar-refractivity contribution in [3.05, 3.63) is 46.1 Å². The van der Waals surface area contributed by atoms with Crippen LogP contribution in [-0.4, -0.2) is 47.5 Å². The van der Waals surface area contributed by atoms with E-state index >= 15 is 0 Å². The Morgan fingerprint density at radius 3 is 2.59 bits per heavy atom. The number of anilines is 1. The number of likely N-dealkylation sites (N-methyl/N-ethyl adjacent to an activating group) is 1. The third-order valence-corrected chi connectivity index (χ3v) is 4.67. The molecule has 0 aliphatic heterocycles. The molecule has 0 bridgehead atoms. The number of carbonyl (C=O) groups excluding carboxylic acids is 1. The number of nitrogens with one attached hydrogen (secondary N) is 1. The number of ketones is 1. The zero-order valence-electron chi connectivity index (χ0n) is 15.4. The predicted molar refractivity (Wildman–Crippen MR) is 106 cm³/mol. The number of aliphatic hydroxyl groups excluding tert-OH is 1. The number of carbonyl (C=O) groups is 2. The summed E-state index contributed by atoms with van der Waals surface area (Å²) in [6.07, 6.45) is 0.0387. The fourth-order valence-electron chi connectivity index (χ4n) is 2.72. The lowest BCUT2D eigenvalue weighted by atomic mass is 10.0. The van der Waals surface area contributed by atoms with Crippen LogP contribution in [-0.2, 0) is 4.79 Å².